The van der Waals surface area contributed by atoms with Crippen LogP contribution in [0.5, 0.6) is 0 Å². The molecule has 0 unspecified atom stereocenters. The standard InChI is InChI=1S/C10H13N/c1-3-5-10-6-7-11-8-9(10)4-2/h3,5-8H,4H2,1-2H3. The van der Waals surface area contributed by atoms with Crippen molar-refractivity contribution < 1.29 is 0 Å². The van der Waals surface area contributed by atoms with Crippen LogP contribution < -0.4 is 0 Å². The molecule has 1 rings (SSSR count). The maximum atomic E-state index is 4.06. The summed E-state index contributed by atoms with van der Waals surface area (Å²) in [6, 6.07) is 2.04. The summed E-state index contributed by atoms with van der Waals surface area (Å²) in [4.78, 5) is 4.06. The molecule has 0 aromatic carbocycles. The lowest BCUT2D eigenvalue weighted by Crippen LogP contribution is -1.86. The van der Waals surface area contributed by atoms with E-state index in [1.807, 2.05) is 25.4 Å². The van der Waals surface area contributed by atoms with Crippen molar-refractivity contribution in [3.8, 4) is 0 Å². The molecule has 0 spiro atoms. The van der Waals surface area contributed by atoms with E-state index in [4.69, 9.17) is 0 Å². The lowest BCUT2D eigenvalue weighted by molar-refractivity contribution is 1.10. The lowest BCUT2D eigenvalue weighted by atomic mass is 10.1. The number of allylic oxidation sites excluding steroid dienone is 1. The van der Waals surface area contributed by atoms with Crippen LogP contribution >= 0.6 is 0 Å². The van der Waals surface area contributed by atoms with E-state index in [1.54, 1.807) is 0 Å². The largest absolute Gasteiger partial charge is 0.264 e. The van der Waals surface area contributed by atoms with Gasteiger partial charge in [-0.25, -0.2) is 0 Å². The summed E-state index contributed by atoms with van der Waals surface area (Å²) in [5, 5.41) is 0. The average Bonchev–Trinajstić information content (AvgIpc) is 2.06. The third-order valence-electron chi connectivity index (χ3n) is 1.67. The van der Waals surface area contributed by atoms with Gasteiger partial charge in [0.15, 0.2) is 0 Å². The van der Waals surface area contributed by atoms with Gasteiger partial charge in [-0.3, -0.25) is 4.98 Å². The number of pyridine rings is 1. The highest BCUT2D eigenvalue weighted by atomic mass is 14.6. The van der Waals surface area contributed by atoms with Gasteiger partial charge in [0.05, 0.1) is 0 Å². The Morgan fingerprint density at radius 3 is 3.00 bits per heavy atom. The Morgan fingerprint density at radius 2 is 2.36 bits per heavy atom. The summed E-state index contributed by atoms with van der Waals surface area (Å²) in [7, 11) is 0. The fourth-order valence-electron chi connectivity index (χ4n) is 1.08. The number of rotatable bonds is 2. The molecule has 1 aromatic rings. The molecule has 0 bridgehead atoms. The van der Waals surface area contributed by atoms with Crippen LogP contribution in [0.3, 0.4) is 0 Å². The zero-order valence-electron chi connectivity index (χ0n) is 7.04. The minimum absolute atomic E-state index is 1.05. The van der Waals surface area contributed by atoms with Crippen LogP contribution in [-0.4, -0.2) is 4.98 Å². The van der Waals surface area contributed by atoms with Crippen LogP contribution in [0.25, 0.3) is 6.08 Å². The summed E-state index contributed by atoms with van der Waals surface area (Å²) in [5.74, 6) is 0. The normalized spacial score (nSPS) is 10.7. The van der Waals surface area contributed by atoms with Crippen LogP contribution in [-0.2, 0) is 6.42 Å². The highest BCUT2D eigenvalue weighted by Crippen LogP contribution is 2.08. The number of nitrogens with zero attached hydrogens (tertiary/aromatic N) is 1. The van der Waals surface area contributed by atoms with Crippen molar-refractivity contribution in [1.29, 1.82) is 0 Å². The molecular formula is C10H13N. The van der Waals surface area contributed by atoms with E-state index in [9.17, 15) is 0 Å². The molecule has 0 radical (unpaired) electrons. The minimum Gasteiger partial charge on any atom is -0.264 e. The molecule has 0 amide bonds. The molecule has 0 aliphatic carbocycles. The highest BCUT2D eigenvalue weighted by Gasteiger charge is 1.93. The predicted octanol–water partition coefficient (Wildman–Crippen LogP) is 2.68. The molecule has 0 N–H and O–H groups in total. The summed E-state index contributed by atoms with van der Waals surface area (Å²) in [6.45, 7) is 4.17. The van der Waals surface area contributed by atoms with Crippen molar-refractivity contribution in [3.05, 3.63) is 35.7 Å². The molecule has 0 saturated carbocycles. The smallest absolute Gasteiger partial charge is 0.0305 e. The average molecular weight is 147 g/mol. The summed E-state index contributed by atoms with van der Waals surface area (Å²) in [6.07, 6.45) is 8.96. The first-order valence-corrected chi connectivity index (χ1v) is 3.94. The van der Waals surface area contributed by atoms with Crippen molar-refractivity contribution in [2.24, 2.45) is 0 Å². The van der Waals surface area contributed by atoms with E-state index in [-0.39, 0.29) is 0 Å². The Bertz CT molecular complexity index is 251. The molecular weight excluding hydrogens is 134 g/mol. The lowest BCUT2D eigenvalue weighted by Gasteiger charge is -1.99. The molecule has 58 valence electrons. The Balaban J connectivity index is 3.02. The third-order valence-corrected chi connectivity index (χ3v) is 1.67. The van der Waals surface area contributed by atoms with Crippen molar-refractivity contribution >= 4 is 6.08 Å². The van der Waals surface area contributed by atoms with Crippen molar-refractivity contribution in [3.63, 3.8) is 0 Å². The molecule has 0 aliphatic heterocycles. The molecule has 0 fully saturated rings. The van der Waals surface area contributed by atoms with Gasteiger partial charge in [0, 0.05) is 12.4 Å². The van der Waals surface area contributed by atoms with Gasteiger partial charge in [0.1, 0.15) is 0 Å². The van der Waals surface area contributed by atoms with Gasteiger partial charge in [-0.05, 0) is 30.5 Å². The van der Waals surface area contributed by atoms with E-state index >= 15 is 0 Å². The quantitative estimate of drug-likeness (QED) is 0.626. The van der Waals surface area contributed by atoms with Crippen molar-refractivity contribution in [2.75, 3.05) is 0 Å². The van der Waals surface area contributed by atoms with Crippen molar-refractivity contribution in [1.82, 2.24) is 4.98 Å². The van der Waals surface area contributed by atoms with Gasteiger partial charge in [-0.15, -0.1) is 0 Å². The monoisotopic (exact) mass is 147 g/mol. The molecule has 1 heteroatoms. The second-order valence-electron chi connectivity index (χ2n) is 2.43. The molecule has 0 aliphatic rings. The van der Waals surface area contributed by atoms with Gasteiger partial charge >= 0.3 is 0 Å². The van der Waals surface area contributed by atoms with Gasteiger partial charge in [-0.1, -0.05) is 19.1 Å². The number of hydrogen-bond donors (Lipinski definition) is 0. The molecule has 1 aromatic heterocycles. The number of hydrogen-bond acceptors (Lipinski definition) is 1. The van der Waals surface area contributed by atoms with Gasteiger partial charge in [-0.2, -0.15) is 0 Å². The van der Waals surface area contributed by atoms with Gasteiger partial charge in [0.2, 0.25) is 0 Å². The first-order valence-electron chi connectivity index (χ1n) is 3.94. The molecule has 0 atom stereocenters. The zero-order chi connectivity index (χ0) is 8.10. The number of aryl methyl sites for hydroxylation is 1. The summed E-state index contributed by atoms with van der Waals surface area (Å²) in [5.41, 5.74) is 2.59. The predicted molar refractivity (Wildman–Crippen MR) is 48.3 cm³/mol. The Morgan fingerprint density at radius 1 is 1.55 bits per heavy atom. The van der Waals surface area contributed by atoms with E-state index in [0.717, 1.165) is 6.42 Å². The zero-order valence-corrected chi connectivity index (χ0v) is 7.04. The molecule has 0 saturated heterocycles. The fraction of sp³-hybridized carbons (Fsp3) is 0.300. The second-order valence-corrected chi connectivity index (χ2v) is 2.43. The molecule has 11 heavy (non-hydrogen) atoms. The minimum atomic E-state index is 1.05. The highest BCUT2D eigenvalue weighted by molar-refractivity contribution is 5.52. The summed E-state index contributed by atoms with van der Waals surface area (Å²) >= 11 is 0. The third kappa shape index (κ3) is 1.90. The SMILES string of the molecule is CC=Cc1ccncc1CC. The molecule has 1 nitrogen and oxygen atoms in total. The molecule has 1 heterocycles. The van der Waals surface area contributed by atoms with E-state index in [2.05, 4.69) is 24.1 Å². The maximum absolute atomic E-state index is 4.06. The Hall–Kier alpha value is -1.11. The van der Waals surface area contributed by atoms with Crippen LogP contribution in [0, 0.1) is 0 Å². The first kappa shape index (κ1) is 7.99. The van der Waals surface area contributed by atoms with Crippen LogP contribution in [0.1, 0.15) is 25.0 Å². The van der Waals surface area contributed by atoms with E-state index in [1.165, 1.54) is 11.1 Å². The Kier molecular flexibility index (Phi) is 2.84. The maximum Gasteiger partial charge on any atom is 0.0305 e. The van der Waals surface area contributed by atoms with Gasteiger partial charge < -0.3 is 0 Å². The first-order chi connectivity index (χ1) is 5.38. The van der Waals surface area contributed by atoms with Crippen LogP contribution in [0.4, 0.5) is 0 Å². The Labute approximate surface area is 67.8 Å². The fourth-order valence-corrected chi connectivity index (χ4v) is 1.08. The topological polar surface area (TPSA) is 12.9 Å². The van der Waals surface area contributed by atoms with Crippen LogP contribution in [0.15, 0.2) is 24.5 Å². The van der Waals surface area contributed by atoms with Gasteiger partial charge in [0.25, 0.3) is 0 Å². The second kappa shape index (κ2) is 3.91. The number of aromatic nitrogens is 1. The van der Waals surface area contributed by atoms with Crippen molar-refractivity contribution in [2.45, 2.75) is 20.3 Å². The van der Waals surface area contributed by atoms with Crippen LogP contribution in [0.2, 0.25) is 0 Å². The van der Waals surface area contributed by atoms with E-state index in [0.29, 0.717) is 0 Å². The summed E-state index contributed by atoms with van der Waals surface area (Å²) < 4.78 is 0. The van der Waals surface area contributed by atoms with E-state index < -0.39 is 0 Å².